The number of carbonyl (C=O) groups is 2. The predicted molar refractivity (Wildman–Crippen MR) is 153 cm³/mol. The lowest BCUT2D eigenvalue weighted by Gasteiger charge is -2.22. The van der Waals surface area contributed by atoms with Crippen LogP contribution in [0.4, 0.5) is 11.4 Å². The molecule has 0 bridgehead atoms. The molecule has 8 nitrogen and oxygen atoms in total. The molecule has 0 radical (unpaired) electrons. The van der Waals surface area contributed by atoms with E-state index in [2.05, 4.69) is 10.6 Å². The maximum Gasteiger partial charge on any atom is 0.253 e. The Kier molecular flexibility index (Phi) is 8.63. The number of hydrogen-bond donors (Lipinski definition) is 2. The number of benzene rings is 4. The molecule has 1 atom stereocenters. The number of para-hydroxylation sites is 2. The summed E-state index contributed by atoms with van der Waals surface area (Å²) < 4.78 is 31.9. The molecule has 2 amide bonds. The van der Waals surface area contributed by atoms with Gasteiger partial charge in [-0.15, -0.1) is 0 Å². The third-order valence-electron chi connectivity index (χ3n) is 5.88. The van der Waals surface area contributed by atoms with Gasteiger partial charge in [-0.1, -0.05) is 60.7 Å². The van der Waals surface area contributed by atoms with E-state index in [0.717, 1.165) is 16.1 Å². The summed E-state index contributed by atoms with van der Waals surface area (Å²) in [6, 6.07) is 31.4. The van der Waals surface area contributed by atoms with Gasteiger partial charge in [-0.05, 0) is 61.0 Å². The fourth-order valence-electron chi connectivity index (χ4n) is 3.91. The quantitative estimate of drug-likeness (QED) is 0.280. The summed E-state index contributed by atoms with van der Waals surface area (Å²) in [6.45, 7) is 1.39. The molecule has 9 heteroatoms. The zero-order valence-electron chi connectivity index (χ0n) is 21.6. The highest BCUT2D eigenvalue weighted by Gasteiger charge is 2.22. The van der Waals surface area contributed by atoms with E-state index in [1.54, 1.807) is 48.5 Å². The summed E-state index contributed by atoms with van der Waals surface area (Å²) in [7, 11) is -3.80. The van der Waals surface area contributed by atoms with Crippen LogP contribution in [0.2, 0.25) is 0 Å². The number of sulfonamides is 1. The largest absolute Gasteiger partial charge is 0.457 e. The highest BCUT2D eigenvalue weighted by atomic mass is 32.2. The third-order valence-corrected chi connectivity index (χ3v) is 7.02. The number of amides is 2. The minimum absolute atomic E-state index is 0.253. The van der Waals surface area contributed by atoms with Gasteiger partial charge >= 0.3 is 0 Å². The fraction of sp³-hybridized carbons (Fsp3) is 0.133. The Morgan fingerprint density at radius 2 is 1.36 bits per heavy atom. The van der Waals surface area contributed by atoms with Gasteiger partial charge in [-0.25, -0.2) is 8.42 Å². The molecule has 0 saturated heterocycles. The number of nitrogens with one attached hydrogen (secondary N) is 2. The molecule has 4 aromatic rings. The van der Waals surface area contributed by atoms with E-state index >= 15 is 0 Å². The van der Waals surface area contributed by atoms with Crippen LogP contribution in [0.1, 0.15) is 28.9 Å². The summed E-state index contributed by atoms with van der Waals surface area (Å²) >= 11 is 0. The van der Waals surface area contributed by atoms with Crippen molar-refractivity contribution in [3.63, 3.8) is 0 Å². The SMILES string of the molecule is C[C@H](NC(=O)c1ccccc1NC(=O)CN(c1ccc(Oc2ccccc2)cc1)S(C)(=O)=O)c1ccccc1. The number of anilines is 2. The molecular weight excluding hydrogens is 514 g/mol. The first kappa shape index (κ1) is 27.4. The van der Waals surface area contributed by atoms with Gasteiger partial charge < -0.3 is 15.4 Å². The van der Waals surface area contributed by atoms with Crippen molar-refractivity contribution in [2.45, 2.75) is 13.0 Å². The lowest BCUT2D eigenvalue weighted by Crippen LogP contribution is -2.37. The summed E-state index contributed by atoms with van der Waals surface area (Å²) in [5, 5.41) is 5.62. The van der Waals surface area contributed by atoms with Gasteiger partial charge in [0.25, 0.3) is 5.91 Å². The second-order valence-corrected chi connectivity index (χ2v) is 10.8. The molecule has 0 fully saturated rings. The molecule has 0 saturated carbocycles. The number of ether oxygens (including phenoxy) is 1. The lowest BCUT2D eigenvalue weighted by atomic mass is 10.1. The van der Waals surface area contributed by atoms with Crippen LogP contribution < -0.4 is 19.7 Å². The van der Waals surface area contributed by atoms with E-state index in [4.69, 9.17) is 4.74 Å². The summed E-state index contributed by atoms with van der Waals surface area (Å²) in [4.78, 5) is 26.0. The average molecular weight is 544 g/mol. The van der Waals surface area contributed by atoms with Crippen LogP contribution in [0.25, 0.3) is 0 Å². The Hall–Kier alpha value is -4.63. The highest BCUT2D eigenvalue weighted by molar-refractivity contribution is 7.92. The number of nitrogens with zero attached hydrogens (tertiary/aromatic N) is 1. The maximum absolute atomic E-state index is 13.0. The van der Waals surface area contributed by atoms with Crippen molar-refractivity contribution < 1.29 is 22.7 Å². The Bertz CT molecular complexity index is 1530. The van der Waals surface area contributed by atoms with Crippen molar-refractivity contribution in [1.29, 1.82) is 0 Å². The normalized spacial score (nSPS) is 11.7. The van der Waals surface area contributed by atoms with E-state index in [9.17, 15) is 18.0 Å². The van der Waals surface area contributed by atoms with E-state index in [0.29, 0.717) is 17.2 Å². The molecule has 4 rings (SSSR count). The molecule has 0 aliphatic heterocycles. The van der Waals surface area contributed by atoms with Crippen molar-refractivity contribution >= 4 is 33.2 Å². The van der Waals surface area contributed by atoms with Crippen molar-refractivity contribution in [3.05, 3.63) is 120 Å². The standard InChI is InChI=1S/C30H29N3O5S/c1-22(23-11-5-3-6-12-23)31-30(35)27-15-9-10-16-28(27)32-29(34)21-33(39(2,36)37)24-17-19-26(20-18-24)38-25-13-7-4-8-14-25/h3-20,22H,21H2,1-2H3,(H,31,35)(H,32,34)/t22-/m0/s1. The van der Waals surface area contributed by atoms with Gasteiger partial charge in [0.05, 0.1) is 29.2 Å². The molecule has 0 aromatic heterocycles. The first-order valence-corrected chi connectivity index (χ1v) is 14.1. The van der Waals surface area contributed by atoms with Gasteiger partial charge in [0.1, 0.15) is 18.0 Å². The van der Waals surface area contributed by atoms with Crippen molar-refractivity contribution in [2.75, 3.05) is 22.4 Å². The molecular formula is C30H29N3O5S. The Morgan fingerprint density at radius 1 is 0.795 bits per heavy atom. The molecule has 200 valence electrons. The van der Waals surface area contributed by atoms with Crippen molar-refractivity contribution in [3.8, 4) is 11.5 Å². The summed E-state index contributed by atoms with van der Waals surface area (Å²) in [5.74, 6) is 0.204. The van der Waals surface area contributed by atoms with E-state index in [1.807, 2.05) is 67.6 Å². The lowest BCUT2D eigenvalue weighted by molar-refractivity contribution is -0.114. The minimum atomic E-state index is -3.80. The second-order valence-electron chi connectivity index (χ2n) is 8.88. The van der Waals surface area contributed by atoms with Gasteiger partial charge in [-0.3, -0.25) is 13.9 Å². The number of rotatable bonds is 10. The molecule has 0 unspecified atom stereocenters. The maximum atomic E-state index is 13.0. The smallest absolute Gasteiger partial charge is 0.253 e. The highest BCUT2D eigenvalue weighted by Crippen LogP contribution is 2.26. The first-order chi connectivity index (χ1) is 18.7. The van der Waals surface area contributed by atoms with Crippen molar-refractivity contribution in [2.24, 2.45) is 0 Å². The van der Waals surface area contributed by atoms with Gasteiger partial charge in [-0.2, -0.15) is 0 Å². The van der Waals surface area contributed by atoms with Crippen LogP contribution in [-0.2, 0) is 14.8 Å². The van der Waals surface area contributed by atoms with Crippen LogP contribution in [0.3, 0.4) is 0 Å². The van der Waals surface area contributed by atoms with Crippen LogP contribution in [-0.4, -0.2) is 33.0 Å². The first-order valence-electron chi connectivity index (χ1n) is 12.3. The molecule has 0 heterocycles. The van der Waals surface area contributed by atoms with Crippen molar-refractivity contribution in [1.82, 2.24) is 5.32 Å². The van der Waals surface area contributed by atoms with Gasteiger partial charge in [0.15, 0.2) is 0 Å². The summed E-state index contributed by atoms with van der Waals surface area (Å²) in [5.41, 5.74) is 1.79. The zero-order valence-corrected chi connectivity index (χ0v) is 22.4. The Balaban J connectivity index is 1.46. The van der Waals surface area contributed by atoms with Crippen LogP contribution >= 0.6 is 0 Å². The fourth-order valence-corrected chi connectivity index (χ4v) is 4.77. The third kappa shape index (κ3) is 7.45. The second kappa shape index (κ2) is 12.3. The Labute approximate surface area is 228 Å². The monoisotopic (exact) mass is 543 g/mol. The molecule has 2 N–H and O–H groups in total. The minimum Gasteiger partial charge on any atom is -0.457 e. The van der Waals surface area contributed by atoms with E-state index in [1.165, 1.54) is 0 Å². The topological polar surface area (TPSA) is 105 Å². The molecule has 0 aliphatic rings. The van der Waals surface area contributed by atoms with Crippen LogP contribution in [0.15, 0.2) is 109 Å². The average Bonchev–Trinajstić information content (AvgIpc) is 2.93. The van der Waals surface area contributed by atoms with Gasteiger partial charge in [0, 0.05) is 0 Å². The van der Waals surface area contributed by atoms with E-state index < -0.39 is 22.5 Å². The van der Waals surface area contributed by atoms with Crippen LogP contribution in [0.5, 0.6) is 11.5 Å². The van der Waals surface area contributed by atoms with Gasteiger partial charge in [0.2, 0.25) is 15.9 Å². The predicted octanol–water partition coefficient (Wildman–Crippen LogP) is 5.37. The number of hydrogen-bond acceptors (Lipinski definition) is 5. The molecule has 39 heavy (non-hydrogen) atoms. The molecule has 4 aromatic carbocycles. The molecule has 0 spiro atoms. The van der Waals surface area contributed by atoms with Crippen LogP contribution in [0, 0.1) is 0 Å². The Morgan fingerprint density at radius 3 is 2.00 bits per heavy atom. The van der Waals surface area contributed by atoms with E-state index in [-0.39, 0.29) is 23.2 Å². The summed E-state index contributed by atoms with van der Waals surface area (Å²) in [6.07, 6.45) is 1.03. The molecule has 0 aliphatic carbocycles. The zero-order chi connectivity index (χ0) is 27.8. The number of carbonyl (C=O) groups excluding carboxylic acids is 2.